The molecule has 0 heteroatoms. The minimum Gasteiger partial charge on any atom is -0.0654 e. The zero-order valence-corrected chi connectivity index (χ0v) is 9.31. The number of hydrogen-bond acceptors (Lipinski definition) is 0. The molecule has 76 valence electrons. The van der Waals surface area contributed by atoms with Crippen LogP contribution < -0.4 is 0 Å². The minimum atomic E-state index is 0.895. The van der Waals surface area contributed by atoms with Gasteiger partial charge >= 0.3 is 0 Å². The van der Waals surface area contributed by atoms with Gasteiger partial charge in [0.1, 0.15) is 0 Å². The highest BCUT2D eigenvalue weighted by molar-refractivity contribution is 5.00. The van der Waals surface area contributed by atoms with Crippen LogP contribution in [0.4, 0.5) is 0 Å². The molecule has 0 N–H and O–H groups in total. The molecular weight excluding hydrogens is 156 g/mol. The second-order valence-electron chi connectivity index (χ2n) is 5.46. The van der Waals surface area contributed by atoms with Crippen LogP contribution in [-0.2, 0) is 0 Å². The van der Waals surface area contributed by atoms with E-state index in [0.29, 0.717) is 0 Å². The van der Waals surface area contributed by atoms with Gasteiger partial charge in [-0.25, -0.2) is 0 Å². The van der Waals surface area contributed by atoms with Crippen LogP contribution >= 0.6 is 0 Å². The Morgan fingerprint density at radius 2 is 2.00 bits per heavy atom. The van der Waals surface area contributed by atoms with Crippen molar-refractivity contribution in [2.24, 2.45) is 17.3 Å². The average molecular weight is 180 g/mol. The Hall–Kier alpha value is 0. The van der Waals surface area contributed by atoms with Crippen LogP contribution in [0.25, 0.3) is 0 Å². The summed E-state index contributed by atoms with van der Waals surface area (Å²) in [7, 11) is 0. The average Bonchev–Trinajstić information content (AvgIpc) is 2.74. The van der Waals surface area contributed by atoms with Crippen LogP contribution in [0.2, 0.25) is 0 Å². The maximum Gasteiger partial charge on any atom is -0.0294 e. The molecule has 0 nitrogen and oxygen atoms in total. The standard InChI is InChI=1S/C13H24/c1-3-5-11(4-2)12-6-7-13(10-12)8-9-13/h11-12H,3-10H2,1-2H3. The van der Waals surface area contributed by atoms with Crippen molar-refractivity contribution in [3.63, 3.8) is 0 Å². The fraction of sp³-hybridized carbons (Fsp3) is 1.00. The summed E-state index contributed by atoms with van der Waals surface area (Å²) in [5.74, 6) is 2.16. The molecule has 2 aliphatic carbocycles. The van der Waals surface area contributed by atoms with Crippen LogP contribution in [-0.4, -0.2) is 0 Å². The Morgan fingerprint density at radius 1 is 1.23 bits per heavy atom. The summed E-state index contributed by atoms with van der Waals surface area (Å²) in [5.41, 5.74) is 0.895. The molecule has 2 unspecified atom stereocenters. The van der Waals surface area contributed by atoms with Crippen LogP contribution in [0.1, 0.15) is 65.2 Å². The van der Waals surface area contributed by atoms with Crippen molar-refractivity contribution in [3.05, 3.63) is 0 Å². The largest absolute Gasteiger partial charge is 0.0654 e. The van der Waals surface area contributed by atoms with E-state index in [0.717, 1.165) is 17.3 Å². The highest BCUT2D eigenvalue weighted by Gasteiger charge is 2.48. The zero-order chi connectivity index (χ0) is 9.31. The first-order valence-corrected chi connectivity index (χ1v) is 6.29. The first-order valence-electron chi connectivity index (χ1n) is 6.29. The van der Waals surface area contributed by atoms with E-state index in [9.17, 15) is 0 Å². The minimum absolute atomic E-state index is 0.895. The summed E-state index contributed by atoms with van der Waals surface area (Å²) in [5, 5.41) is 0. The Labute approximate surface area is 83.1 Å². The highest BCUT2D eigenvalue weighted by Crippen LogP contribution is 2.61. The summed E-state index contributed by atoms with van der Waals surface area (Å²) < 4.78 is 0. The molecule has 0 bridgehead atoms. The first-order chi connectivity index (χ1) is 6.29. The van der Waals surface area contributed by atoms with Gasteiger partial charge in [-0.3, -0.25) is 0 Å². The van der Waals surface area contributed by atoms with Gasteiger partial charge in [-0.2, -0.15) is 0 Å². The van der Waals surface area contributed by atoms with Crippen molar-refractivity contribution in [2.45, 2.75) is 65.2 Å². The van der Waals surface area contributed by atoms with Gasteiger partial charge in [0, 0.05) is 0 Å². The summed E-state index contributed by atoms with van der Waals surface area (Å²) in [6.07, 6.45) is 12.1. The van der Waals surface area contributed by atoms with Gasteiger partial charge in [0.05, 0.1) is 0 Å². The molecule has 0 saturated heterocycles. The predicted octanol–water partition coefficient (Wildman–Crippen LogP) is 4.39. The maximum atomic E-state index is 2.39. The predicted molar refractivity (Wildman–Crippen MR) is 57.7 cm³/mol. The van der Waals surface area contributed by atoms with E-state index < -0.39 is 0 Å². The third-order valence-corrected chi connectivity index (χ3v) is 4.55. The maximum absolute atomic E-state index is 2.39. The molecule has 0 amide bonds. The Morgan fingerprint density at radius 3 is 2.46 bits per heavy atom. The third-order valence-electron chi connectivity index (χ3n) is 4.55. The van der Waals surface area contributed by atoms with Crippen molar-refractivity contribution in [1.29, 1.82) is 0 Å². The lowest BCUT2D eigenvalue weighted by molar-refractivity contribution is 0.295. The Kier molecular flexibility index (Phi) is 2.67. The van der Waals surface area contributed by atoms with Crippen LogP contribution in [0.15, 0.2) is 0 Å². The first kappa shape index (κ1) is 9.55. The van der Waals surface area contributed by atoms with Crippen molar-refractivity contribution >= 4 is 0 Å². The van der Waals surface area contributed by atoms with Crippen LogP contribution in [0.5, 0.6) is 0 Å². The van der Waals surface area contributed by atoms with Gasteiger partial charge in [-0.05, 0) is 49.4 Å². The lowest BCUT2D eigenvalue weighted by Crippen LogP contribution is -2.11. The molecule has 0 heterocycles. The second kappa shape index (κ2) is 3.63. The molecule has 2 aliphatic rings. The van der Waals surface area contributed by atoms with Crippen molar-refractivity contribution in [3.8, 4) is 0 Å². The quantitative estimate of drug-likeness (QED) is 0.602. The molecule has 0 aromatic carbocycles. The summed E-state index contributed by atoms with van der Waals surface area (Å²) >= 11 is 0. The number of rotatable bonds is 4. The molecule has 2 rings (SSSR count). The molecule has 2 atom stereocenters. The van der Waals surface area contributed by atoms with E-state index >= 15 is 0 Å². The molecule has 0 radical (unpaired) electrons. The fourth-order valence-corrected chi connectivity index (χ4v) is 3.43. The summed E-state index contributed by atoms with van der Waals surface area (Å²) in [4.78, 5) is 0. The normalized spacial score (nSPS) is 32.3. The second-order valence-corrected chi connectivity index (χ2v) is 5.46. The van der Waals surface area contributed by atoms with Gasteiger partial charge in [-0.15, -0.1) is 0 Å². The highest BCUT2D eigenvalue weighted by atomic mass is 14.5. The third kappa shape index (κ3) is 1.92. The molecule has 2 fully saturated rings. The van der Waals surface area contributed by atoms with Crippen molar-refractivity contribution in [1.82, 2.24) is 0 Å². The summed E-state index contributed by atoms with van der Waals surface area (Å²) in [6.45, 7) is 4.72. The lowest BCUT2D eigenvalue weighted by Gasteiger charge is -2.21. The molecule has 13 heavy (non-hydrogen) atoms. The monoisotopic (exact) mass is 180 g/mol. The zero-order valence-electron chi connectivity index (χ0n) is 9.31. The van der Waals surface area contributed by atoms with Gasteiger partial charge in [-0.1, -0.05) is 33.1 Å². The van der Waals surface area contributed by atoms with Crippen molar-refractivity contribution < 1.29 is 0 Å². The van der Waals surface area contributed by atoms with E-state index in [2.05, 4.69) is 13.8 Å². The topological polar surface area (TPSA) is 0 Å². The Bertz CT molecular complexity index is 167. The van der Waals surface area contributed by atoms with Crippen LogP contribution in [0.3, 0.4) is 0 Å². The SMILES string of the molecule is CCCC(CC)C1CCC2(CC2)C1. The van der Waals surface area contributed by atoms with Gasteiger partial charge in [0.2, 0.25) is 0 Å². The van der Waals surface area contributed by atoms with Gasteiger partial charge < -0.3 is 0 Å². The van der Waals surface area contributed by atoms with E-state index in [1.165, 1.54) is 19.3 Å². The van der Waals surface area contributed by atoms with Gasteiger partial charge in [0.25, 0.3) is 0 Å². The van der Waals surface area contributed by atoms with E-state index in [-0.39, 0.29) is 0 Å². The summed E-state index contributed by atoms with van der Waals surface area (Å²) in [6, 6.07) is 0. The molecule has 0 aromatic rings. The van der Waals surface area contributed by atoms with E-state index in [1.54, 1.807) is 32.1 Å². The van der Waals surface area contributed by atoms with E-state index in [4.69, 9.17) is 0 Å². The smallest absolute Gasteiger partial charge is 0.0294 e. The van der Waals surface area contributed by atoms with Crippen molar-refractivity contribution in [2.75, 3.05) is 0 Å². The number of hydrogen-bond donors (Lipinski definition) is 0. The van der Waals surface area contributed by atoms with Gasteiger partial charge in [0.15, 0.2) is 0 Å². The molecule has 2 saturated carbocycles. The fourth-order valence-electron chi connectivity index (χ4n) is 3.43. The van der Waals surface area contributed by atoms with Crippen LogP contribution in [0, 0.1) is 17.3 Å². The molecule has 0 aliphatic heterocycles. The molecule has 0 aromatic heterocycles. The lowest BCUT2D eigenvalue weighted by atomic mass is 9.84. The Balaban J connectivity index is 1.85. The molecular formula is C13H24. The van der Waals surface area contributed by atoms with E-state index in [1.807, 2.05) is 0 Å². The molecule has 1 spiro atoms.